The van der Waals surface area contributed by atoms with Crippen molar-refractivity contribution in [3.8, 4) is 0 Å². The Morgan fingerprint density at radius 1 is 1.21 bits per heavy atom. The number of hydrogen-bond donors (Lipinski definition) is 1. The summed E-state index contributed by atoms with van der Waals surface area (Å²) < 4.78 is 0. The zero-order valence-electron chi connectivity index (χ0n) is 9.16. The van der Waals surface area contributed by atoms with E-state index in [1.54, 1.807) is 11.8 Å². The smallest absolute Gasteiger partial charge is 0.0102 e. The van der Waals surface area contributed by atoms with Crippen LogP contribution in [0.15, 0.2) is 29.2 Å². The molecule has 1 rings (SSSR count). The van der Waals surface area contributed by atoms with Gasteiger partial charge in [-0.2, -0.15) is 0 Å². The Kier molecular flexibility index (Phi) is 4.49. The summed E-state index contributed by atoms with van der Waals surface area (Å²) in [6.07, 6.45) is 3.07. The lowest BCUT2D eigenvalue weighted by molar-refractivity contribution is 0.490. The quantitative estimate of drug-likeness (QED) is 0.772. The molecular formula is C12H19NS. The molecule has 2 heteroatoms. The number of thioether (sulfide) groups is 1. The Morgan fingerprint density at radius 3 is 2.21 bits per heavy atom. The fourth-order valence-corrected chi connectivity index (χ4v) is 1.68. The number of rotatable bonds is 4. The van der Waals surface area contributed by atoms with Gasteiger partial charge in [-0.3, -0.25) is 0 Å². The molecular weight excluding hydrogens is 190 g/mol. The first-order valence-corrected chi connectivity index (χ1v) is 6.24. The first-order chi connectivity index (χ1) is 6.63. The number of hydrogen-bond acceptors (Lipinski definition) is 2. The van der Waals surface area contributed by atoms with Crippen LogP contribution in [0, 0.1) is 5.92 Å². The van der Waals surface area contributed by atoms with Crippen molar-refractivity contribution in [2.24, 2.45) is 11.7 Å². The van der Waals surface area contributed by atoms with Crippen LogP contribution in [0.1, 0.15) is 19.4 Å². The van der Waals surface area contributed by atoms with Gasteiger partial charge in [-0.05, 0) is 36.3 Å². The van der Waals surface area contributed by atoms with Crippen molar-refractivity contribution >= 4 is 11.8 Å². The third kappa shape index (κ3) is 3.35. The lowest BCUT2D eigenvalue weighted by Crippen LogP contribution is -2.28. The van der Waals surface area contributed by atoms with E-state index < -0.39 is 0 Å². The van der Waals surface area contributed by atoms with Crippen molar-refractivity contribution in [3.63, 3.8) is 0 Å². The molecule has 0 radical (unpaired) electrons. The second-order valence-corrected chi connectivity index (χ2v) is 4.84. The topological polar surface area (TPSA) is 26.0 Å². The van der Waals surface area contributed by atoms with Crippen molar-refractivity contribution in [2.75, 3.05) is 6.26 Å². The molecule has 0 aliphatic rings. The monoisotopic (exact) mass is 209 g/mol. The first kappa shape index (κ1) is 11.6. The normalized spacial score (nSPS) is 13.2. The molecule has 0 aromatic heterocycles. The average Bonchev–Trinajstić information content (AvgIpc) is 2.19. The maximum atomic E-state index is 6.01. The maximum Gasteiger partial charge on any atom is 0.0102 e. The zero-order valence-corrected chi connectivity index (χ0v) is 9.97. The summed E-state index contributed by atoms with van der Waals surface area (Å²) in [5.74, 6) is 0.551. The van der Waals surface area contributed by atoms with E-state index in [0.29, 0.717) is 5.92 Å². The number of benzene rings is 1. The maximum absolute atomic E-state index is 6.01. The molecule has 1 unspecified atom stereocenters. The van der Waals surface area contributed by atoms with Gasteiger partial charge in [0.05, 0.1) is 0 Å². The second kappa shape index (κ2) is 5.42. The van der Waals surface area contributed by atoms with Gasteiger partial charge in [0, 0.05) is 10.9 Å². The summed E-state index contributed by atoms with van der Waals surface area (Å²) in [7, 11) is 0. The minimum Gasteiger partial charge on any atom is -0.327 e. The largest absolute Gasteiger partial charge is 0.327 e. The Bertz CT molecular complexity index is 266. The van der Waals surface area contributed by atoms with Crippen LogP contribution < -0.4 is 5.73 Å². The summed E-state index contributed by atoms with van der Waals surface area (Å²) >= 11 is 1.77. The van der Waals surface area contributed by atoms with Gasteiger partial charge in [0.1, 0.15) is 0 Å². The van der Waals surface area contributed by atoms with E-state index in [0.717, 1.165) is 6.42 Å². The lowest BCUT2D eigenvalue weighted by Gasteiger charge is -2.15. The highest BCUT2D eigenvalue weighted by Crippen LogP contribution is 2.16. The Morgan fingerprint density at radius 2 is 1.79 bits per heavy atom. The summed E-state index contributed by atoms with van der Waals surface area (Å²) in [6, 6.07) is 8.94. The zero-order chi connectivity index (χ0) is 10.6. The summed E-state index contributed by atoms with van der Waals surface area (Å²) in [5.41, 5.74) is 7.35. The molecule has 2 N–H and O–H groups in total. The molecule has 1 aromatic carbocycles. The average molecular weight is 209 g/mol. The van der Waals surface area contributed by atoms with Crippen LogP contribution in [0.5, 0.6) is 0 Å². The highest BCUT2D eigenvalue weighted by atomic mass is 32.2. The van der Waals surface area contributed by atoms with Crippen LogP contribution in [-0.2, 0) is 6.42 Å². The third-order valence-electron chi connectivity index (χ3n) is 2.49. The van der Waals surface area contributed by atoms with Crippen molar-refractivity contribution in [1.82, 2.24) is 0 Å². The van der Waals surface area contributed by atoms with E-state index in [1.807, 2.05) is 0 Å². The van der Waals surface area contributed by atoms with Crippen molar-refractivity contribution in [1.29, 1.82) is 0 Å². The van der Waals surface area contributed by atoms with Crippen LogP contribution in [0.3, 0.4) is 0 Å². The van der Waals surface area contributed by atoms with Crippen LogP contribution in [0.2, 0.25) is 0 Å². The molecule has 0 spiro atoms. The molecule has 0 aliphatic heterocycles. The molecule has 0 aliphatic carbocycles. The van der Waals surface area contributed by atoms with Gasteiger partial charge in [-0.15, -0.1) is 11.8 Å². The Hall–Kier alpha value is -0.470. The minimum atomic E-state index is 0.273. The number of nitrogens with two attached hydrogens (primary N) is 1. The predicted octanol–water partition coefficient (Wildman–Crippen LogP) is 2.93. The molecule has 1 atom stereocenters. The van der Waals surface area contributed by atoms with E-state index >= 15 is 0 Å². The fraction of sp³-hybridized carbons (Fsp3) is 0.500. The minimum absolute atomic E-state index is 0.273. The van der Waals surface area contributed by atoms with Gasteiger partial charge in [0.25, 0.3) is 0 Å². The van der Waals surface area contributed by atoms with Crippen LogP contribution >= 0.6 is 11.8 Å². The summed E-state index contributed by atoms with van der Waals surface area (Å²) in [6.45, 7) is 4.34. The molecule has 14 heavy (non-hydrogen) atoms. The highest BCUT2D eigenvalue weighted by molar-refractivity contribution is 7.98. The van der Waals surface area contributed by atoms with E-state index in [4.69, 9.17) is 5.73 Å². The van der Waals surface area contributed by atoms with Crippen LogP contribution in [0.4, 0.5) is 0 Å². The standard InChI is InChI=1S/C12H19NS/c1-9(2)12(13)8-10-4-6-11(14-3)7-5-10/h4-7,9,12H,8,13H2,1-3H3. The molecule has 0 heterocycles. The Balaban J connectivity index is 2.59. The van der Waals surface area contributed by atoms with Gasteiger partial charge in [-0.25, -0.2) is 0 Å². The van der Waals surface area contributed by atoms with Gasteiger partial charge in [-0.1, -0.05) is 26.0 Å². The van der Waals surface area contributed by atoms with Crippen molar-refractivity contribution in [3.05, 3.63) is 29.8 Å². The van der Waals surface area contributed by atoms with Gasteiger partial charge in [0.2, 0.25) is 0 Å². The van der Waals surface area contributed by atoms with Crippen molar-refractivity contribution in [2.45, 2.75) is 31.2 Å². The van der Waals surface area contributed by atoms with Gasteiger partial charge >= 0.3 is 0 Å². The summed E-state index contributed by atoms with van der Waals surface area (Å²) in [4.78, 5) is 1.31. The molecule has 0 saturated carbocycles. The molecule has 1 aromatic rings. The molecule has 0 amide bonds. The SMILES string of the molecule is CSc1ccc(CC(N)C(C)C)cc1. The van der Waals surface area contributed by atoms with Crippen LogP contribution in [0.25, 0.3) is 0 Å². The molecule has 1 nitrogen and oxygen atoms in total. The highest BCUT2D eigenvalue weighted by Gasteiger charge is 2.07. The van der Waals surface area contributed by atoms with Crippen molar-refractivity contribution < 1.29 is 0 Å². The lowest BCUT2D eigenvalue weighted by atomic mass is 9.97. The van der Waals surface area contributed by atoms with Gasteiger partial charge in [0.15, 0.2) is 0 Å². The summed E-state index contributed by atoms with van der Waals surface area (Å²) in [5, 5.41) is 0. The molecule has 0 saturated heterocycles. The fourth-order valence-electron chi connectivity index (χ4n) is 1.27. The van der Waals surface area contributed by atoms with E-state index in [2.05, 4.69) is 44.4 Å². The predicted molar refractivity (Wildman–Crippen MR) is 64.7 cm³/mol. The first-order valence-electron chi connectivity index (χ1n) is 5.02. The molecule has 0 bridgehead atoms. The van der Waals surface area contributed by atoms with Crippen LogP contribution in [-0.4, -0.2) is 12.3 Å². The van der Waals surface area contributed by atoms with E-state index in [-0.39, 0.29) is 6.04 Å². The third-order valence-corrected chi connectivity index (χ3v) is 3.23. The Labute approximate surface area is 91.1 Å². The second-order valence-electron chi connectivity index (χ2n) is 3.96. The van der Waals surface area contributed by atoms with Gasteiger partial charge < -0.3 is 5.73 Å². The molecule has 0 fully saturated rings. The van der Waals surface area contributed by atoms with E-state index in [9.17, 15) is 0 Å². The van der Waals surface area contributed by atoms with E-state index in [1.165, 1.54) is 10.5 Å². The molecule has 78 valence electrons.